The predicted octanol–water partition coefficient (Wildman–Crippen LogP) is 2.32. The third-order valence-corrected chi connectivity index (χ3v) is 4.62. The molecule has 0 aromatic carbocycles. The lowest BCUT2D eigenvalue weighted by atomic mass is 9.83. The molecule has 0 heterocycles. The highest BCUT2D eigenvalue weighted by Crippen LogP contribution is 2.28. The number of carboxylic acid groups (broad SMARTS) is 1. The Morgan fingerprint density at radius 2 is 1.71 bits per heavy atom. The van der Waals surface area contributed by atoms with Gasteiger partial charge in [0.15, 0.2) is 0 Å². The van der Waals surface area contributed by atoms with E-state index in [0.29, 0.717) is 12.3 Å². The van der Waals surface area contributed by atoms with Crippen LogP contribution < -0.4 is 10.6 Å². The van der Waals surface area contributed by atoms with Crippen LogP contribution in [0.2, 0.25) is 0 Å². The summed E-state index contributed by atoms with van der Waals surface area (Å²) in [6.07, 6.45) is 7.38. The average molecular weight is 340 g/mol. The molecule has 1 rings (SSSR count). The van der Waals surface area contributed by atoms with Crippen LogP contribution in [-0.2, 0) is 14.4 Å². The maximum Gasteiger partial charge on any atom is 0.326 e. The lowest BCUT2D eigenvalue weighted by molar-refractivity contribution is -0.142. The zero-order valence-electron chi connectivity index (χ0n) is 15.1. The summed E-state index contributed by atoms with van der Waals surface area (Å²) in [5.74, 6) is -0.985. The van der Waals surface area contributed by atoms with E-state index >= 15 is 0 Å². The Labute approximate surface area is 144 Å². The van der Waals surface area contributed by atoms with Gasteiger partial charge in [-0.25, -0.2) is 4.79 Å². The van der Waals surface area contributed by atoms with Crippen LogP contribution in [0.4, 0.5) is 0 Å². The Kier molecular flexibility index (Phi) is 8.79. The van der Waals surface area contributed by atoms with Gasteiger partial charge in [0, 0.05) is 5.92 Å². The van der Waals surface area contributed by atoms with Crippen molar-refractivity contribution in [2.45, 2.75) is 71.8 Å². The van der Waals surface area contributed by atoms with E-state index in [4.69, 9.17) is 5.11 Å². The Balaban J connectivity index is 2.33. The van der Waals surface area contributed by atoms with Gasteiger partial charge in [-0.05, 0) is 24.7 Å². The summed E-state index contributed by atoms with van der Waals surface area (Å²) < 4.78 is 0. The summed E-state index contributed by atoms with van der Waals surface area (Å²) in [5.41, 5.74) is 0. The number of aliphatic carboxylic acids is 1. The van der Waals surface area contributed by atoms with Crippen molar-refractivity contribution in [1.29, 1.82) is 0 Å². The number of carbonyl (C=O) groups excluding carboxylic acids is 2. The van der Waals surface area contributed by atoms with Gasteiger partial charge in [-0.15, -0.1) is 0 Å². The molecule has 1 saturated carbocycles. The zero-order chi connectivity index (χ0) is 18.1. The summed E-state index contributed by atoms with van der Waals surface area (Å²) >= 11 is 0. The molecule has 6 heteroatoms. The minimum Gasteiger partial charge on any atom is -0.480 e. The number of nitrogens with one attached hydrogen (secondary N) is 2. The topological polar surface area (TPSA) is 95.5 Å². The van der Waals surface area contributed by atoms with Gasteiger partial charge in [-0.2, -0.15) is 0 Å². The van der Waals surface area contributed by atoms with Gasteiger partial charge < -0.3 is 15.7 Å². The number of rotatable bonds is 9. The van der Waals surface area contributed by atoms with Crippen LogP contribution >= 0.6 is 0 Å². The second-order valence-electron chi connectivity index (χ2n) is 7.45. The maximum atomic E-state index is 12.1. The largest absolute Gasteiger partial charge is 0.480 e. The van der Waals surface area contributed by atoms with Crippen LogP contribution in [0.1, 0.15) is 65.7 Å². The van der Waals surface area contributed by atoms with Gasteiger partial charge in [-0.1, -0.05) is 52.9 Å². The standard InChI is InChI=1S/C18H32N2O4/c1-12(2)9-15(18(23)24)20-16(21)11-19-17(22)13(3)10-14-7-5-4-6-8-14/h12-15H,4-11H2,1-3H3,(H,19,22)(H,20,21)(H,23,24)/t13?,15-/m0/s1. The molecule has 1 aliphatic rings. The molecular weight excluding hydrogens is 308 g/mol. The molecule has 138 valence electrons. The highest BCUT2D eigenvalue weighted by atomic mass is 16.4. The minimum absolute atomic E-state index is 0.119. The first-order chi connectivity index (χ1) is 11.3. The second kappa shape index (κ2) is 10.3. The zero-order valence-corrected chi connectivity index (χ0v) is 15.1. The maximum absolute atomic E-state index is 12.1. The van der Waals surface area contributed by atoms with E-state index in [-0.39, 0.29) is 24.3 Å². The van der Waals surface area contributed by atoms with Crippen LogP contribution in [0.15, 0.2) is 0 Å². The molecule has 6 nitrogen and oxygen atoms in total. The van der Waals surface area contributed by atoms with Gasteiger partial charge in [0.1, 0.15) is 6.04 Å². The van der Waals surface area contributed by atoms with Crippen LogP contribution in [0.5, 0.6) is 0 Å². The fraction of sp³-hybridized carbons (Fsp3) is 0.833. The monoisotopic (exact) mass is 340 g/mol. The number of carboxylic acids is 1. The second-order valence-corrected chi connectivity index (χ2v) is 7.45. The molecule has 0 aliphatic heterocycles. The summed E-state index contributed by atoms with van der Waals surface area (Å²) in [7, 11) is 0. The molecular formula is C18H32N2O4. The van der Waals surface area contributed by atoms with Gasteiger partial charge in [0.2, 0.25) is 11.8 Å². The first-order valence-electron chi connectivity index (χ1n) is 9.09. The molecule has 0 aromatic rings. The normalized spacial score (nSPS) is 18.0. The smallest absolute Gasteiger partial charge is 0.326 e. The van der Waals surface area contributed by atoms with Crippen molar-refractivity contribution in [3.05, 3.63) is 0 Å². The number of hydrogen-bond acceptors (Lipinski definition) is 3. The molecule has 0 aromatic heterocycles. The van der Waals surface area contributed by atoms with Crippen molar-refractivity contribution in [1.82, 2.24) is 10.6 Å². The molecule has 1 unspecified atom stereocenters. The third kappa shape index (κ3) is 7.79. The van der Waals surface area contributed by atoms with Gasteiger partial charge in [0.05, 0.1) is 6.54 Å². The molecule has 0 radical (unpaired) electrons. The lowest BCUT2D eigenvalue weighted by Gasteiger charge is -2.24. The Morgan fingerprint density at radius 3 is 2.25 bits per heavy atom. The quantitative estimate of drug-likeness (QED) is 0.600. The average Bonchev–Trinajstić information content (AvgIpc) is 2.52. The Bertz CT molecular complexity index is 431. The molecule has 2 amide bonds. The molecule has 24 heavy (non-hydrogen) atoms. The van der Waals surface area contributed by atoms with Crippen molar-refractivity contribution in [2.75, 3.05) is 6.54 Å². The lowest BCUT2D eigenvalue weighted by Crippen LogP contribution is -2.46. The fourth-order valence-electron chi connectivity index (χ4n) is 3.31. The first-order valence-corrected chi connectivity index (χ1v) is 9.09. The number of carbonyl (C=O) groups is 3. The van der Waals surface area contributed by atoms with E-state index in [1.807, 2.05) is 20.8 Å². The minimum atomic E-state index is -1.05. The van der Waals surface area contributed by atoms with Crippen LogP contribution in [-0.4, -0.2) is 35.5 Å². The summed E-state index contributed by atoms with van der Waals surface area (Å²) in [6.45, 7) is 5.52. The van der Waals surface area contributed by atoms with Crippen molar-refractivity contribution in [3.63, 3.8) is 0 Å². The van der Waals surface area contributed by atoms with Crippen LogP contribution in [0.3, 0.4) is 0 Å². The van der Waals surface area contributed by atoms with E-state index in [0.717, 1.165) is 6.42 Å². The predicted molar refractivity (Wildman–Crippen MR) is 92.4 cm³/mol. The van der Waals surface area contributed by atoms with Gasteiger partial charge in [0.25, 0.3) is 0 Å². The molecule has 2 atom stereocenters. The van der Waals surface area contributed by atoms with Crippen LogP contribution in [0, 0.1) is 17.8 Å². The summed E-state index contributed by atoms with van der Waals surface area (Å²) in [5, 5.41) is 14.2. The van der Waals surface area contributed by atoms with Gasteiger partial charge in [-0.3, -0.25) is 9.59 Å². The highest BCUT2D eigenvalue weighted by molar-refractivity contribution is 5.88. The summed E-state index contributed by atoms with van der Waals surface area (Å²) in [6, 6.07) is -0.908. The summed E-state index contributed by atoms with van der Waals surface area (Å²) in [4.78, 5) is 35.1. The van der Waals surface area contributed by atoms with Crippen LogP contribution in [0.25, 0.3) is 0 Å². The van der Waals surface area contributed by atoms with E-state index < -0.39 is 17.9 Å². The van der Waals surface area contributed by atoms with E-state index in [1.54, 1.807) is 0 Å². The first kappa shape index (κ1) is 20.5. The fourth-order valence-corrected chi connectivity index (χ4v) is 3.31. The molecule has 1 fully saturated rings. The van der Waals surface area contributed by atoms with Crippen molar-refractivity contribution >= 4 is 17.8 Å². The number of amides is 2. The van der Waals surface area contributed by atoms with E-state index in [1.165, 1.54) is 32.1 Å². The molecule has 0 saturated heterocycles. The van der Waals surface area contributed by atoms with Crippen molar-refractivity contribution in [2.24, 2.45) is 17.8 Å². The Hall–Kier alpha value is -1.59. The van der Waals surface area contributed by atoms with E-state index in [2.05, 4.69) is 10.6 Å². The SMILES string of the molecule is CC(C)C[C@H](NC(=O)CNC(=O)C(C)CC1CCCCC1)C(=O)O. The molecule has 1 aliphatic carbocycles. The third-order valence-electron chi connectivity index (χ3n) is 4.62. The Morgan fingerprint density at radius 1 is 1.08 bits per heavy atom. The molecule has 0 bridgehead atoms. The molecule has 0 spiro atoms. The van der Waals surface area contributed by atoms with Crippen molar-refractivity contribution in [3.8, 4) is 0 Å². The van der Waals surface area contributed by atoms with Gasteiger partial charge >= 0.3 is 5.97 Å². The molecule has 3 N–H and O–H groups in total. The van der Waals surface area contributed by atoms with Crippen molar-refractivity contribution < 1.29 is 19.5 Å². The highest BCUT2D eigenvalue weighted by Gasteiger charge is 2.23. The number of hydrogen-bond donors (Lipinski definition) is 3. The van der Waals surface area contributed by atoms with E-state index in [9.17, 15) is 14.4 Å².